The van der Waals surface area contributed by atoms with Crippen molar-refractivity contribution in [3.63, 3.8) is 0 Å². The van der Waals surface area contributed by atoms with Gasteiger partial charge >= 0.3 is 0 Å². The number of anilines is 2. The highest BCUT2D eigenvalue weighted by atomic mass is 127. The number of benzene rings is 1. The summed E-state index contributed by atoms with van der Waals surface area (Å²) in [5, 5.41) is 11.8. The normalized spacial score (nSPS) is 9.89. The van der Waals surface area contributed by atoms with Crippen molar-refractivity contribution in [3.05, 3.63) is 45.0 Å². The minimum absolute atomic E-state index is 0.294. The molecule has 1 heterocycles. The average Bonchev–Trinajstić information content (AvgIpc) is 2.32. The van der Waals surface area contributed by atoms with E-state index in [4.69, 9.17) is 5.26 Å². The number of hydrogen-bond donors (Lipinski definition) is 1. The molecule has 0 saturated heterocycles. The van der Waals surface area contributed by atoms with Crippen molar-refractivity contribution in [2.75, 3.05) is 5.32 Å². The Kier molecular flexibility index (Phi) is 3.72. The van der Waals surface area contributed by atoms with E-state index in [1.807, 2.05) is 28.7 Å². The van der Waals surface area contributed by atoms with E-state index >= 15 is 0 Å². The van der Waals surface area contributed by atoms with E-state index in [2.05, 4.69) is 15.3 Å². The first-order valence-corrected chi connectivity index (χ1v) is 6.14. The van der Waals surface area contributed by atoms with Gasteiger partial charge in [0, 0.05) is 9.26 Å². The zero-order chi connectivity index (χ0) is 13.1. The third-order valence-electron chi connectivity index (χ3n) is 2.15. The highest BCUT2D eigenvalue weighted by Gasteiger charge is 2.05. The quantitative estimate of drug-likeness (QED) is 0.842. The van der Waals surface area contributed by atoms with Crippen LogP contribution < -0.4 is 5.32 Å². The molecule has 0 aliphatic heterocycles. The Morgan fingerprint density at radius 1 is 1.33 bits per heavy atom. The molecule has 18 heavy (non-hydrogen) atoms. The second kappa shape index (κ2) is 5.27. The van der Waals surface area contributed by atoms with Crippen molar-refractivity contribution in [2.24, 2.45) is 0 Å². The Morgan fingerprint density at radius 2 is 2.11 bits per heavy atom. The Morgan fingerprint density at radius 3 is 2.78 bits per heavy atom. The van der Waals surface area contributed by atoms with Crippen LogP contribution in [0.2, 0.25) is 0 Å². The molecule has 4 nitrogen and oxygen atoms in total. The summed E-state index contributed by atoms with van der Waals surface area (Å²) in [6, 6.07) is 7.93. The number of aromatic nitrogens is 2. The van der Waals surface area contributed by atoms with Crippen LogP contribution in [0.25, 0.3) is 0 Å². The van der Waals surface area contributed by atoms with Crippen LogP contribution in [0.15, 0.2) is 24.3 Å². The third kappa shape index (κ3) is 2.92. The van der Waals surface area contributed by atoms with Gasteiger partial charge in [-0.1, -0.05) is 0 Å². The molecule has 1 aromatic carbocycles. The van der Waals surface area contributed by atoms with Gasteiger partial charge in [0.25, 0.3) is 0 Å². The lowest BCUT2D eigenvalue weighted by molar-refractivity contribution is 0.627. The summed E-state index contributed by atoms with van der Waals surface area (Å²) in [6.07, 6.45) is 0. The number of nitriles is 1. The fourth-order valence-electron chi connectivity index (χ4n) is 1.39. The van der Waals surface area contributed by atoms with E-state index in [1.165, 1.54) is 12.1 Å². The molecule has 0 fully saturated rings. The predicted octanol–water partition coefficient (Wildman–Crippen LogP) is 3.14. The highest BCUT2D eigenvalue weighted by molar-refractivity contribution is 14.1. The smallest absolute Gasteiger partial charge is 0.228 e. The lowest BCUT2D eigenvalue weighted by Gasteiger charge is -2.07. The molecule has 0 radical (unpaired) electrons. The lowest BCUT2D eigenvalue weighted by atomic mass is 10.3. The van der Waals surface area contributed by atoms with Crippen LogP contribution in [0.5, 0.6) is 0 Å². The average molecular weight is 354 g/mol. The number of nitrogens with zero attached hydrogens (tertiary/aromatic N) is 3. The molecule has 0 spiro atoms. The summed E-state index contributed by atoms with van der Waals surface area (Å²) in [5.41, 5.74) is 1.69. The lowest BCUT2D eigenvalue weighted by Crippen LogP contribution is -2.01. The van der Waals surface area contributed by atoms with Crippen LogP contribution in [0.1, 0.15) is 11.4 Å². The number of aryl methyl sites for hydroxylation is 1. The Labute approximate surface area is 117 Å². The van der Waals surface area contributed by atoms with Gasteiger partial charge in [-0.3, -0.25) is 0 Å². The van der Waals surface area contributed by atoms with Crippen molar-refractivity contribution in [3.8, 4) is 6.07 Å². The second-order valence-electron chi connectivity index (χ2n) is 3.58. The van der Waals surface area contributed by atoms with Gasteiger partial charge in [0.15, 0.2) is 0 Å². The number of hydrogen-bond acceptors (Lipinski definition) is 4. The van der Waals surface area contributed by atoms with Crippen molar-refractivity contribution in [1.82, 2.24) is 9.97 Å². The van der Waals surface area contributed by atoms with Crippen LogP contribution >= 0.6 is 22.6 Å². The number of rotatable bonds is 2. The van der Waals surface area contributed by atoms with Crippen molar-refractivity contribution in [1.29, 1.82) is 5.26 Å². The van der Waals surface area contributed by atoms with Crippen molar-refractivity contribution >= 4 is 34.2 Å². The molecule has 0 saturated carbocycles. The Bertz CT molecular complexity index is 636. The zero-order valence-electron chi connectivity index (χ0n) is 9.41. The molecular weight excluding hydrogens is 346 g/mol. The molecule has 0 atom stereocenters. The van der Waals surface area contributed by atoms with E-state index in [0.29, 0.717) is 23.0 Å². The predicted molar refractivity (Wildman–Crippen MR) is 73.9 cm³/mol. The van der Waals surface area contributed by atoms with Gasteiger partial charge in [0.1, 0.15) is 17.6 Å². The van der Waals surface area contributed by atoms with E-state index in [0.717, 1.165) is 3.57 Å². The molecule has 2 aromatic rings. The zero-order valence-corrected chi connectivity index (χ0v) is 11.6. The minimum atomic E-state index is -0.298. The van der Waals surface area contributed by atoms with E-state index < -0.39 is 0 Å². The molecule has 6 heteroatoms. The van der Waals surface area contributed by atoms with Crippen molar-refractivity contribution in [2.45, 2.75) is 6.92 Å². The molecule has 1 aromatic heterocycles. The maximum Gasteiger partial charge on any atom is 0.228 e. The molecule has 2 rings (SSSR count). The maximum atomic E-state index is 13.0. The van der Waals surface area contributed by atoms with Gasteiger partial charge in [0.2, 0.25) is 5.95 Å². The van der Waals surface area contributed by atoms with E-state index in [-0.39, 0.29) is 5.82 Å². The first kappa shape index (κ1) is 12.7. The molecule has 0 aliphatic carbocycles. The molecule has 0 bridgehead atoms. The van der Waals surface area contributed by atoms with Crippen LogP contribution in [-0.4, -0.2) is 9.97 Å². The summed E-state index contributed by atoms with van der Waals surface area (Å²) in [5.74, 6) is 0.0314. The topological polar surface area (TPSA) is 61.6 Å². The van der Waals surface area contributed by atoms with E-state index in [9.17, 15) is 4.39 Å². The first-order valence-electron chi connectivity index (χ1n) is 5.06. The van der Waals surface area contributed by atoms with Crippen LogP contribution in [0, 0.1) is 27.6 Å². The Hall–Kier alpha value is -1.75. The van der Waals surface area contributed by atoms with Gasteiger partial charge in [-0.05, 0) is 53.8 Å². The second-order valence-corrected chi connectivity index (χ2v) is 4.74. The molecule has 0 aliphatic rings. The summed E-state index contributed by atoms with van der Waals surface area (Å²) >= 11 is 2.02. The minimum Gasteiger partial charge on any atom is -0.323 e. The maximum absolute atomic E-state index is 13.0. The monoisotopic (exact) mass is 354 g/mol. The van der Waals surface area contributed by atoms with Crippen LogP contribution in [-0.2, 0) is 0 Å². The molecule has 1 N–H and O–H groups in total. The summed E-state index contributed by atoms with van der Waals surface area (Å²) < 4.78 is 13.7. The number of nitrogens with one attached hydrogen (secondary N) is 1. The fraction of sp³-hybridized carbons (Fsp3) is 0.0833. The molecule has 0 amide bonds. The van der Waals surface area contributed by atoms with Gasteiger partial charge in [0.05, 0.1) is 5.69 Å². The molecular formula is C12H8FIN4. The van der Waals surface area contributed by atoms with Gasteiger partial charge in [-0.25, -0.2) is 14.4 Å². The van der Waals surface area contributed by atoms with Crippen LogP contribution in [0.3, 0.4) is 0 Å². The number of halogens is 2. The van der Waals surface area contributed by atoms with Gasteiger partial charge in [-0.2, -0.15) is 5.26 Å². The molecule has 90 valence electrons. The summed E-state index contributed by atoms with van der Waals surface area (Å²) in [6.45, 7) is 1.78. The first-order chi connectivity index (χ1) is 8.58. The molecule has 0 unspecified atom stereocenters. The van der Waals surface area contributed by atoms with Gasteiger partial charge in [-0.15, -0.1) is 0 Å². The summed E-state index contributed by atoms with van der Waals surface area (Å²) in [7, 11) is 0. The SMILES string of the molecule is Cc1cc(C#N)nc(Nc2ccc(F)cc2I)n1. The highest BCUT2D eigenvalue weighted by Crippen LogP contribution is 2.21. The summed E-state index contributed by atoms with van der Waals surface area (Å²) in [4.78, 5) is 8.20. The van der Waals surface area contributed by atoms with Crippen molar-refractivity contribution < 1.29 is 4.39 Å². The standard InChI is InChI=1S/C12H8FIN4/c1-7-4-9(6-15)17-12(16-7)18-11-3-2-8(13)5-10(11)14/h2-5H,1H3,(H,16,17,18). The van der Waals surface area contributed by atoms with Crippen LogP contribution in [0.4, 0.5) is 16.0 Å². The largest absolute Gasteiger partial charge is 0.323 e. The third-order valence-corrected chi connectivity index (χ3v) is 3.04. The van der Waals surface area contributed by atoms with Gasteiger partial charge < -0.3 is 5.32 Å². The Balaban J connectivity index is 2.34. The fourth-order valence-corrected chi connectivity index (χ4v) is 2.01. The van der Waals surface area contributed by atoms with E-state index in [1.54, 1.807) is 19.1 Å².